The Bertz CT molecular complexity index is 624. The molecule has 4 nitrogen and oxygen atoms in total. The van der Waals surface area contributed by atoms with Crippen molar-refractivity contribution in [2.45, 2.75) is 0 Å². The number of rotatable bonds is 3. The Hall–Kier alpha value is -2.56. The zero-order chi connectivity index (χ0) is 14.7. The van der Waals surface area contributed by atoms with Crippen molar-refractivity contribution in [1.82, 2.24) is 0 Å². The molecule has 0 saturated heterocycles. The van der Waals surface area contributed by atoms with E-state index in [0.717, 1.165) is 23.9 Å². The first kappa shape index (κ1) is 13.9. The zero-order valence-corrected chi connectivity index (χ0v) is 11.2. The minimum Gasteiger partial charge on any atom is -0.507 e. The minimum absolute atomic E-state index is 0.0957. The number of amides is 1. The van der Waals surface area contributed by atoms with E-state index in [-0.39, 0.29) is 11.3 Å². The van der Waals surface area contributed by atoms with Gasteiger partial charge in [-0.25, -0.2) is 4.39 Å². The molecule has 0 atom stereocenters. The number of aromatic hydroxyl groups is 1. The van der Waals surface area contributed by atoms with Crippen LogP contribution < -0.4 is 10.2 Å². The van der Waals surface area contributed by atoms with Gasteiger partial charge in [0, 0.05) is 25.5 Å². The Labute approximate surface area is 116 Å². The van der Waals surface area contributed by atoms with Crippen LogP contribution in [0.3, 0.4) is 0 Å². The molecule has 0 fully saturated rings. The Morgan fingerprint density at radius 3 is 2.40 bits per heavy atom. The molecule has 0 bridgehead atoms. The third-order valence-corrected chi connectivity index (χ3v) is 2.84. The third kappa shape index (κ3) is 3.06. The number of hydrogen-bond donors (Lipinski definition) is 2. The molecule has 20 heavy (non-hydrogen) atoms. The monoisotopic (exact) mass is 274 g/mol. The summed E-state index contributed by atoms with van der Waals surface area (Å²) in [5, 5.41) is 12.2. The summed E-state index contributed by atoms with van der Waals surface area (Å²) in [5.41, 5.74) is 1.47. The zero-order valence-electron chi connectivity index (χ0n) is 11.2. The summed E-state index contributed by atoms with van der Waals surface area (Å²) in [4.78, 5) is 13.9. The number of nitrogens with one attached hydrogen (secondary N) is 1. The first-order chi connectivity index (χ1) is 9.47. The maximum Gasteiger partial charge on any atom is 0.259 e. The highest BCUT2D eigenvalue weighted by atomic mass is 19.1. The van der Waals surface area contributed by atoms with E-state index in [4.69, 9.17) is 0 Å². The topological polar surface area (TPSA) is 52.6 Å². The van der Waals surface area contributed by atoms with Gasteiger partial charge in [-0.1, -0.05) is 0 Å². The van der Waals surface area contributed by atoms with Gasteiger partial charge in [-0.3, -0.25) is 4.79 Å². The molecule has 0 aliphatic rings. The first-order valence-corrected chi connectivity index (χ1v) is 6.04. The van der Waals surface area contributed by atoms with E-state index in [1.165, 1.54) is 0 Å². The molecule has 0 aliphatic heterocycles. The fraction of sp³-hybridized carbons (Fsp3) is 0.133. The molecular formula is C15H15FN2O2. The van der Waals surface area contributed by atoms with Gasteiger partial charge >= 0.3 is 0 Å². The van der Waals surface area contributed by atoms with Crippen LogP contribution in [-0.4, -0.2) is 25.1 Å². The van der Waals surface area contributed by atoms with Gasteiger partial charge in [-0.15, -0.1) is 0 Å². The van der Waals surface area contributed by atoms with Gasteiger partial charge in [0.05, 0.1) is 5.56 Å². The minimum atomic E-state index is -0.573. The molecule has 0 aromatic heterocycles. The summed E-state index contributed by atoms with van der Waals surface area (Å²) < 4.78 is 13.1. The van der Waals surface area contributed by atoms with Crippen molar-refractivity contribution < 1.29 is 14.3 Å². The lowest BCUT2D eigenvalue weighted by atomic mass is 10.1. The number of halogens is 1. The fourth-order valence-corrected chi connectivity index (χ4v) is 1.73. The van der Waals surface area contributed by atoms with Crippen molar-refractivity contribution in [1.29, 1.82) is 0 Å². The molecule has 0 unspecified atom stereocenters. The van der Waals surface area contributed by atoms with Crippen LogP contribution in [0.4, 0.5) is 15.8 Å². The largest absolute Gasteiger partial charge is 0.507 e. The Morgan fingerprint density at radius 1 is 1.15 bits per heavy atom. The van der Waals surface area contributed by atoms with E-state index in [1.54, 1.807) is 12.1 Å². The number of carbonyl (C=O) groups excluding carboxylic acids is 1. The first-order valence-electron chi connectivity index (χ1n) is 6.04. The molecule has 0 radical (unpaired) electrons. The van der Waals surface area contributed by atoms with Crippen LogP contribution in [0.2, 0.25) is 0 Å². The molecular weight excluding hydrogens is 259 g/mol. The molecule has 2 rings (SSSR count). The van der Waals surface area contributed by atoms with E-state index >= 15 is 0 Å². The number of carbonyl (C=O) groups is 1. The normalized spacial score (nSPS) is 10.2. The third-order valence-electron chi connectivity index (χ3n) is 2.84. The maximum absolute atomic E-state index is 13.1. The van der Waals surface area contributed by atoms with E-state index in [9.17, 15) is 14.3 Å². The standard InChI is InChI=1S/C15H15FN2O2/c1-18(2)12-6-4-11(5-7-12)17-15(20)13-9-10(16)3-8-14(13)19/h3-9,19H,1-2H3,(H,17,20). The van der Waals surface area contributed by atoms with Gasteiger partial charge in [0.1, 0.15) is 11.6 Å². The number of nitrogens with zero attached hydrogens (tertiary/aromatic N) is 1. The van der Waals surface area contributed by atoms with E-state index in [0.29, 0.717) is 5.69 Å². The summed E-state index contributed by atoms with van der Waals surface area (Å²) in [6.07, 6.45) is 0. The molecule has 1 amide bonds. The van der Waals surface area contributed by atoms with E-state index < -0.39 is 11.7 Å². The van der Waals surface area contributed by atoms with Crippen LogP contribution in [0.1, 0.15) is 10.4 Å². The Balaban J connectivity index is 2.17. The van der Waals surface area contributed by atoms with Crippen molar-refractivity contribution in [3.05, 3.63) is 53.8 Å². The molecule has 5 heteroatoms. The molecule has 0 heterocycles. The second-order valence-electron chi connectivity index (χ2n) is 4.56. The van der Waals surface area contributed by atoms with Crippen LogP contribution in [0, 0.1) is 5.82 Å². The highest BCUT2D eigenvalue weighted by Gasteiger charge is 2.12. The fourth-order valence-electron chi connectivity index (χ4n) is 1.73. The summed E-state index contributed by atoms with van der Waals surface area (Å²) in [5.74, 6) is -1.38. The molecule has 2 aromatic carbocycles. The average molecular weight is 274 g/mol. The molecule has 104 valence electrons. The van der Waals surface area contributed by atoms with Gasteiger partial charge in [0.25, 0.3) is 5.91 Å². The number of phenolic OH excluding ortho intramolecular Hbond substituents is 1. The second-order valence-corrected chi connectivity index (χ2v) is 4.56. The maximum atomic E-state index is 13.1. The predicted molar refractivity (Wildman–Crippen MR) is 76.8 cm³/mol. The highest BCUT2D eigenvalue weighted by Crippen LogP contribution is 2.21. The lowest BCUT2D eigenvalue weighted by Crippen LogP contribution is -2.13. The van der Waals surface area contributed by atoms with Crippen molar-refractivity contribution >= 4 is 17.3 Å². The van der Waals surface area contributed by atoms with Gasteiger partial charge in [-0.05, 0) is 42.5 Å². The molecule has 2 N–H and O–H groups in total. The molecule has 0 spiro atoms. The van der Waals surface area contributed by atoms with E-state index in [2.05, 4.69) is 5.32 Å². The van der Waals surface area contributed by atoms with Crippen molar-refractivity contribution in [3.8, 4) is 5.75 Å². The van der Waals surface area contributed by atoms with Gasteiger partial charge in [0.15, 0.2) is 0 Å². The molecule has 0 aliphatic carbocycles. The predicted octanol–water partition coefficient (Wildman–Crippen LogP) is 2.85. The lowest BCUT2D eigenvalue weighted by Gasteiger charge is -2.13. The molecule has 0 saturated carbocycles. The lowest BCUT2D eigenvalue weighted by molar-refractivity contribution is 0.102. The van der Waals surface area contributed by atoms with Gasteiger partial charge in [-0.2, -0.15) is 0 Å². The van der Waals surface area contributed by atoms with Gasteiger partial charge in [0.2, 0.25) is 0 Å². The summed E-state index contributed by atoms with van der Waals surface area (Å²) in [6, 6.07) is 10.4. The second kappa shape index (κ2) is 5.61. The van der Waals surface area contributed by atoms with Crippen molar-refractivity contribution in [2.24, 2.45) is 0 Å². The number of benzene rings is 2. The van der Waals surface area contributed by atoms with Crippen molar-refractivity contribution in [3.63, 3.8) is 0 Å². The summed E-state index contributed by atoms with van der Waals surface area (Å²) >= 11 is 0. The Morgan fingerprint density at radius 2 is 1.80 bits per heavy atom. The van der Waals surface area contributed by atoms with Crippen LogP contribution in [-0.2, 0) is 0 Å². The molecule has 2 aromatic rings. The summed E-state index contributed by atoms with van der Waals surface area (Å²) in [6.45, 7) is 0. The van der Waals surface area contributed by atoms with Crippen LogP contribution in [0.25, 0.3) is 0 Å². The van der Waals surface area contributed by atoms with Crippen LogP contribution in [0.15, 0.2) is 42.5 Å². The quantitative estimate of drug-likeness (QED) is 0.905. The number of phenols is 1. The highest BCUT2D eigenvalue weighted by molar-refractivity contribution is 6.06. The van der Waals surface area contributed by atoms with Gasteiger partial charge < -0.3 is 15.3 Å². The van der Waals surface area contributed by atoms with Crippen LogP contribution >= 0.6 is 0 Å². The number of hydrogen-bond acceptors (Lipinski definition) is 3. The van der Waals surface area contributed by atoms with Crippen LogP contribution in [0.5, 0.6) is 5.75 Å². The Kier molecular flexibility index (Phi) is 3.89. The SMILES string of the molecule is CN(C)c1ccc(NC(=O)c2cc(F)ccc2O)cc1. The summed E-state index contributed by atoms with van der Waals surface area (Å²) in [7, 11) is 3.83. The van der Waals surface area contributed by atoms with E-state index in [1.807, 2.05) is 31.1 Å². The number of anilines is 2. The average Bonchev–Trinajstić information content (AvgIpc) is 2.42. The van der Waals surface area contributed by atoms with Crippen molar-refractivity contribution in [2.75, 3.05) is 24.3 Å². The smallest absolute Gasteiger partial charge is 0.259 e.